The SMILES string of the molecule is CC(C)(C)c1ccc(C(=O)Nc2nc(-c3ccccc3)c(NC(=O)c3ccccc3)s2)cc1. The Morgan fingerprint density at radius 1 is 0.727 bits per heavy atom. The second-order valence-corrected chi connectivity index (χ2v) is 9.66. The van der Waals surface area contributed by atoms with Gasteiger partial charge < -0.3 is 5.32 Å². The summed E-state index contributed by atoms with van der Waals surface area (Å²) >= 11 is 1.23. The fraction of sp³-hybridized carbons (Fsp3) is 0.148. The van der Waals surface area contributed by atoms with E-state index >= 15 is 0 Å². The van der Waals surface area contributed by atoms with Gasteiger partial charge in [0.25, 0.3) is 11.8 Å². The number of rotatable bonds is 5. The van der Waals surface area contributed by atoms with E-state index in [2.05, 4.69) is 36.4 Å². The highest BCUT2D eigenvalue weighted by Gasteiger charge is 2.19. The molecule has 4 aromatic rings. The van der Waals surface area contributed by atoms with Gasteiger partial charge >= 0.3 is 0 Å². The minimum atomic E-state index is -0.246. The number of carbonyl (C=O) groups excluding carboxylic acids is 2. The maximum absolute atomic E-state index is 12.8. The third kappa shape index (κ3) is 5.35. The first-order valence-electron chi connectivity index (χ1n) is 10.7. The number of thiazole rings is 1. The molecule has 2 N–H and O–H groups in total. The topological polar surface area (TPSA) is 71.1 Å². The molecule has 0 aliphatic rings. The van der Waals surface area contributed by atoms with E-state index in [-0.39, 0.29) is 17.2 Å². The van der Waals surface area contributed by atoms with Gasteiger partial charge in [0, 0.05) is 16.7 Å². The maximum Gasteiger partial charge on any atom is 0.257 e. The molecule has 166 valence electrons. The van der Waals surface area contributed by atoms with Crippen LogP contribution in [0.15, 0.2) is 84.9 Å². The number of nitrogens with one attached hydrogen (secondary N) is 2. The van der Waals surface area contributed by atoms with Gasteiger partial charge in [-0.05, 0) is 35.2 Å². The molecule has 1 aromatic heterocycles. The molecule has 0 saturated carbocycles. The maximum atomic E-state index is 12.8. The summed E-state index contributed by atoms with van der Waals surface area (Å²) in [6.07, 6.45) is 0. The van der Waals surface area contributed by atoms with Crippen LogP contribution in [0, 0.1) is 0 Å². The van der Waals surface area contributed by atoms with Crippen molar-refractivity contribution in [1.82, 2.24) is 4.98 Å². The van der Waals surface area contributed by atoms with Crippen LogP contribution in [0.1, 0.15) is 47.1 Å². The lowest BCUT2D eigenvalue weighted by Crippen LogP contribution is -2.14. The predicted molar refractivity (Wildman–Crippen MR) is 135 cm³/mol. The van der Waals surface area contributed by atoms with E-state index in [1.54, 1.807) is 12.1 Å². The van der Waals surface area contributed by atoms with Crippen molar-refractivity contribution in [3.8, 4) is 11.3 Å². The Balaban J connectivity index is 1.60. The van der Waals surface area contributed by atoms with Crippen LogP contribution in [0.2, 0.25) is 0 Å². The molecule has 0 aliphatic carbocycles. The lowest BCUT2D eigenvalue weighted by molar-refractivity contribution is 0.101. The van der Waals surface area contributed by atoms with E-state index in [1.807, 2.05) is 72.8 Å². The summed E-state index contributed by atoms with van der Waals surface area (Å²) < 4.78 is 0. The highest BCUT2D eigenvalue weighted by atomic mass is 32.1. The molecule has 0 atom stereocenters. The van der Waals surface area contributed by atoms with E-state index in [4.69, 9.17) is 0 Å². The van der Waals surface area contributed by atoms with E-state index in [0.29, 0.717) is 27.0 Å². The second kappa shape index (κ2) is 9.38. The van der Waals surface area contributed by atoms with Gasteiger partial charge in [0.05, 0.1) is 0 Å². The largest absolute Gasteiger partial charge is 0.312 e. The van der Waals surface area contributed by atoms with Gasteiger partial charge in [0.2, 0.25) is 0 Å². The normalized spacial score (nSPS) is 11.1. The highest BCUT2D eigenvalue weighted by molar-refractivity contribution is 7.20. The molecular weight excluding hydrogens is 430 g/mol. The second-order valence-electron chi connectivity index (χ2n) is 8.66. The average Bonchev–Trinajstić information content (AvgIpc) is 3.21. The molecule has 0 unspecified atom stereocenters. The van der Waals surface area contributed by atoms with Crippen LogP contribution in [0.3, 0.4) is 0 Å². The van der Waals surface area contributed by atoms with E-state index in [9.17, 15) is 9.59 Å². The fourth-order valence-electron chi connectivity index (χ4n) is 3.31. The summed E-state index contributed by atoms with van der Waals surface area (Å²) in [5.74, 6) is -0.475. The van der Waals surface area contributed by atoms with Gasteiger partial charge in [0.15, 0.2) is 5.13 Å². The van der Waals surface area contributed by atoms with E-state index in [0.717, 1.165) is 11.1 Å². The Labute approximate surface area is 197 Å². The molecular formula is C27H25N3O2S. The number of carbonyl (C=O) groups is 2. The number of nitrogens with zero attached hydrogens (tertiary/aromatic N) is 1. The first-order valence-corrected chi connectivity index (χ1v) is 11.5. The van der Waals surface area contributed by atoms with Crippen molar-refractivity contribution < 1.29 is 9.59 Å². The van der Waals surface area contributed by atoms with Crippen molar-refractivity contribution in [3.05, 3.63) is 102 Å². The smallest absolute Gasteiger partial charge is 0.257 e. The van der Waals surface area contributed by atoms with Crippen LogP contribution in [0.4, 0.5) is 10.1 Å². The zero-order valence-corrected chi connectivity index (χ0v) is 19.6. The number of hydrogen-bond acceptors (Lipinski definition) is 4. The Hall–Kier alpha value is -3.77. The Kier molecular flexibility index (Phi) is 6.38. The van der Waals surface area contributed by atoms with E-state index in [1.165, 1.54) is 11.3 Å². The minimum Gasteiger partial charge on any atom is -0.312 e. The summed E-state index contributed by atoms with van der Waals surface area (Å²) in [6.45, 7) is 6.40. The molecule has 2 amide bonds. The summed E-state index contributed by atoms with van der Waals surface area (Å²) in [7, 11) is 0. The van der Waals surface area contributed by atoms with Crippen molar-refractivity contribution >= 4 is 33.3 Å². The molecule has 3 aromatic carbocycles. The number of amides is 2. The van der Waals surface area contributed by atoms with Crippen LogP contribution in [0.25, 0.3) is 11.3 Å². The average molecular weight is 456 g/mol. The summed E-state index contributed by atoms with van der Waals surface area (Å²) in [6, 6.07) is 26.2. The Bertz CT molecular complexity index is 1260. The molecule has 0 spiro atoms. The van der Waals surface area contributed by atoms with Crippen molar-refractivity contribution in [2.24, 2.45) is 0 Å². The van der Waals surface area contributed by atoms with Crippen LogP contribution in [-0.4, -0.2) is 16.8 Å². The summed E-state index contributed by atoms with van der Waals surface area (Å²) in [5.41, 5.74) is 3.74. The van der Waals surface area contributed by atoms with Crippen LogP contribution < -0.4 is 10.6 Å². The Morgan fingerprint density at radius 3 is 1.88 bits per heavy atom. The fourth-order valence-corrected chi connectivity index (χ4v) is 4.18. The van der Waals surface area contributed by atoms with Crippen molar-refractivity contribution in [2.75, 3.05) is 10.6 Å². The molecule has 1 heterocycles. The number of benzene rings is 3. The zero-order valence-electron chi connectivity index (χ0n) is 18.8. The molecule has 0 saturated heterocycles. The molecule has 5 nitrogen and oxygen atoms in total. The van der Waals surface area contributed by atoms with E-state index < -0.39 is 0 Å². The molecule has 4 rings (SSSR count). The number of hydrogen-bond donors (Lipinski definition) is 2. The lowest BCUT2D eigenvalue weighted by Gasteiger charge is -2.18. The highest BCUT2D eigenvalue weighted by Crippen LogP contribution is 2.36. The standard InChI is InChI=1S/C27H25N3O2S/c1-27(2,3)21-16-14-20(15-17-21)24(32)30-26-28-22(18-10-6-4-7-11-18)25(33-26)29-23(31)19-12-8-5-9-13-19/h4-17H,1-3H3,(H,29,31)(H,28,30,32). The lowest BCUT2D eigenvalue weighted by atomic mass is 9.87. The zero-order chi connectivity index (χ0) is 23.4. The Morgan fingerprint density at radius 2 is 1.27 bits per heavy atom. The van der Waals surface area contributed by atoms with Crippen LogP contribution >= 0.6 is 11.3 Å². The van der Waals surface area contributed by atoms with Gasteiger partial charge in [-0.1, -0.05) is 92.8 Å². The molecule has 0 fully saturated rings. The number of anilines is 2. The monoisotopic (exact) mass is 455 g/mol. The molecule has 0 bridgehead atoms. The molecule has 6 heteroatoms. The molecule has 0 aliphatic heterocycles. The first kappa shape index (κ1) is 22.4. The minimum absolute atomic E-state index is 0.0146. The van der Waals surface area contributed by atoms with Crippen LogP contribution in [-0.2, 0) is 5.41 Å². The van der Waals surface area contributed by atoms with Gasteiger partial charge in [-0.3, -0.25) is 14.9 Å². The van der Waals surface area contributed by atoms with Crippen molar-refractivity contribution in [2.45, 2.75) is 26.2 Å². The van der Waals surface area contributed by atoms with Gasteiger partial charge in [-0.2, -0.15) is 0 Å². The van der Waals surface area contributed by atoms with Crippen molar-refractivity contribution in [1.29, 1.82) is 0 Å². The molecule has 0 radical (unpaired) electrons. The summed E-state index contributed by atoms with van der Waals surface area (Å²) in [4.78, 5) is 30.2. The quantitative estimate of drug-likeness (QED) is 0.356. The van der Waals surface area contributed by atoms with Gasteiger partial charge in [0.1, 0.15) is 10.7 Å². The van der Waals surface area contributed by atoms with Crippen molar-refractivity contribution in [3.63, 3.8) is 0 Å². The van der Waals surface area contributed by atoms with Gasteiger partial charge in [-0.15, -0.1) is 0 Å². The third-order valence-corrected chi connectivity index (χ3v) is 6.06. The van der Waals surface area contributed by atoms with Gasteiger partial charge in [-0.25, -0.2) is 4.98 Å². The predicted octanol–water partition coefficient (Wildman–Crippen LogP) is 6.61. The summed E-state index contributed by atoms with van der Waals surface area (Å²) in [5, 5.41) is 6.82. The number of aromatic nitrogens is 1. The molecule has 33 heavy (non-hydrogen) atoms. The third-order valence-electron chi connectivity index (χ3n) is 5.17. The van der Waals surface area contributed by atoms with Crippen LogP contribution in [0.5, 0.6) is 0 Å². The first-order chi connectivity index (χ1) is 15.8.